The molecular weight excluding hydrogens is 242 g/mol. The van der Waals surface area contributed by atoms with E-state index in [1.807, 2.05) is 0 Å². The molecule has 0 amide bonds. The summed E-state index contributed by atoms with van der Waals surface area (Å²) in [5, 5.41) is 3.54. The molecule has 0 aromatic rings. The van der Waals surface area contributed by atoms with Gasteiger partial charge >= 0.3 is 0 Å². The minimum absolute atomic E-state index is 0.669. The van der Waals surface area contributed by atoms with Crippen LogP contribution in [0.2, 0.25) is 0 Å². The Morgan fingerprint density at radius 1 is 1.05 bits per heavy atom. The van der Waals surface area contributed by atoms with Crippen molar-refractivity contribution >= 4 is 0 Å². The van der Waals surface area contributed by atoms with Gasteiger partial charge in [-0.1, -0.05) is 53.4 Å². The molecule has 1 rings (SSSR count). The van der Waals surface area contributed by atoms with Crippen LogP contribution in [0.5, 0.6) is 0 Å². The van der Waals surface area contributed by atoms with Gasteiger partial charge in [-0.3, -0.25) is 0 Å². The molecule has 6 atom stereocenters. The van der Waals surface area contributed by atoms with Gasteiger partial charge in [0.05, 0.1) is 0 Å². The van der Waals surface area contributed by atoms with Crippen LogP contribution in [0, 0.1) is 29.6 Å². The van der Waals surface area contributed by atoms with E-state index in [4.69, 9.17) is 0 Å². The molecule has 0 aromatic carbocycles. The van der Waals surface area contributed by atoms with Gasteiger partial charge in [0.15, 0.2) is 0 Å². The molecule has 6 unspecified atom stereocenters. The molecule has 0 heterocycles. The third-order valence-corrected chi connectivity index (χ3v) is 6.12. The van der Waals surface area contributed by atoms with E-state index < -0.39 is 0 Å². The van der Waals surface area contributed by atoms with Crippen LogP contribution >= 0.6 is 0 Å². The molecule has 20 heavy (non-hydrogen) atoms. The van der Waals surface area contributed by atoms with Crippen LogP contribution in [0.15, 0.2) is 0 Å². The van der Waals surface area contributed by atoms with Gasteiger partial charge in [-0.25, -0.2) is 0 Å². The quantitative estimate of drug-likeness (QED) is 0.619. The van der Waals surface area contributed by atoms with E-state index in [9.17, 15) is 0 Å². The highest BCUT2D eigenvalue weighted by Gasteiger charge is 2.36. The van der Waals surface area contributed by atoms with Gasteiger partial charge in [0.25, 0.3) is 0 Å². The number of rotatable bonds is 8. The second kappa shape index (κ2) is 9.07. The first-order valence-corrected chi connectivity index (χ1v) is 9.22. The summed E-state index contributed by atoms with van der Waals surface area (Å²) in [5.41, 5.74) is 0. The molecular formula is C19H39N. The van der Waals surface area contributed by atoms with Crippen molar-refractivity contribution in [1.29, 1.82) is 0 Å². The number of hydrogen-bond donors (Lipinski definition) is 1. The van der Waals surface area contributed by atoms with Crippen LogP contribution in [-0.4, -0.2) is 13.1 Å². The van der Waals surface area contributed by atoms with Gasteiger partial charge in [0.1, 0.15) is 0 Å². The van der Waals surface area contributed by atoms with Crippen LogP contribution in [0.3, 0.4) is 0 Å². The van der Waals surface area contributed by atoms with E-state index in [1.165, 1.54) is 44.9 Å². The van der Waals surface area contributed by atoms with Gasteiger partial charge < -0.3 is 5.32 Å². The van der Waals surface area contributed by atoms with Gasteiger partial charge in [-0.2, -0.15) is 0 Å². The molecule has 1 N–H and O–H groups in total. The summed E-state index contributed by atoms with van der Waals surface area (Å²) in [7, 11) is 2.14. The molecule has 0 aromatic heterocycles. The lowest BCUT2D eigenvalue weighted by Gasteiger charge is -2.43. The Hall–Kier alpha value is -0.0400. The van der Waals surface area contributed by atoms with Crippen LogP contribution < -0.4 is 5.32 Å². The predicted octanol–water partition coefficient (Wildman–Crippen LogP) is 5.50. The lowest BCUT2D eigenvalue weighted by Crippen LogP contribution is -2.40. The highest BCUT2D eigenvalue weighted by molar-refractivity contribution is 4.87. The molecule has 0 spiro atoms. The Labute approximate surface area is 128 Å². The topological polar surface area (TPSA) is 12.0 Å². The maximum atomic E-state index is 3.54. The SMILES string of the molecule is CCCC(C)C1CCC(C)C(C(CCC)C(C)NC)C1. The molecule has 120 valence electrons. The maximum absolute atomic E-state index is 3.54. The molecule has 1 fully saturated rings. The van der Waals surface area contributed by atoms with Crippen molar-refractivity contribution in [3.63, 3.8) is 0 Å². The van der Waals surface area contributed by atoms with Crippen LogP contribution in [0.25, 0.3) is 0 Å². The van der Waals surface area contributed by atoms with Crippen molar-refractivity contribution in [1.82, 2.24) is 5.32 Å². The summed E-state index contributed by atoms with van der Waals surface area (Å²) in [6.07, 6.45) is 9.92. The van der Waals surface area contributed by atoms with Crippen LogP contribution in [-0.2, 0) is 0 Å². The lowest BCUT2D eigenvalue weighted by atomic mass is 9.64. The Bertz CT molecular complexity index is 250. The molecule has 0 saturated heterocycles. The van der Waals surface area contributed by atoms with E-state index in [1.54, 1.807) is 0 Å². The van der Waals surface area contributed by atoms with Crippen molar-refractivity contribution in [3.05, 3.63) is 0 Å². The second-order valence-corrected chi connectivity index (χ2v) is 7.51. The zero-order valence-electron chi connectivity index (χ0n) is 14.9. The summed E-state index contributed by atoms with van der Waals surface area (Å²) >= 11 is 0. The van der Waals surface area contributed by atoms with Gasteiger partial charge in [0, 0.05) is 6.04 Å². The average molecular weight is 282 g/mol. The zero-order valence-corrected chi connectivity index (χ0v) is 14.9. The molecule has 0 aliphatic heterocycles. The second-order valence-electron chi connectivity index (χ2n) is 7.51. The first-order chi connectivity index (χ1) is 9.54. The first-order valence-electron chi connectivity index (χ1n) is 9.22. The fourth-order valence-electron chi connectivity index (χ4n) is 4.58. The van der Waals surface area contributed by atoms with Gasteiger partial charge in [-0.15, -0.1) is 0 Å². The van der Waals surface area contributed by atoms with Crippen molar-refractivity contribution in [3.8, 4) is 0 Å². The number of nitrogens with one attached hydrogen (secondary N) is 1. The summed E-state index contributed by atoms with van der Waals surface area (Å²) < 4.78 is 0. The van der Waals surface area contributed by atoms with E-state index in [2.05, 4.69) is 47.0 Å². The Morgan fingerprint density at radius 3 is 2.25 bits per heavy atom. The fourth-order valence-corrected chi connectivity index (χ4v) is 4.58. The molecule has 1 nitrogen and oxygen atoms in total. The van der Waals surface area contributed by atoms with Crippen molar-refractivity contribution in [2.45, 2.75) is 85.6 Å². The first kappa shape index (κ1) is 18.0. The van der Waals surface area contributed by atoms with Crippen LogP contribution in [0.4, 0.5) is 0 Å². The Morgan fingerprint density at radius 2 is 1.70 bits per heavy atom. The standard InChI is InChI=1S/C19H39N/c1-7-9-14(3)17-12-11-15(4)19(13-17)18(10-8-2)16(5)20-6/h14-20H,7-13H2,1-6H3. The smallest absolute Gasteiger partial charge is 0.00667 e. The number of hydrogen-bond acceptors (Lipinski definition) is 1. The minimum Gasteiger partial charge on any atom is -0.317 e. The normalized spacial score (nSPS) is 31.8. The Balaban J connectivity index is 2.72. The van der Waals surface area contributed by atoms with Gasteiger partial charge in [-0.05, 0) is 62.8 Å². The average Bonchev–Trinajstić information content (AvgIpc) is 2.45. The Kier molecular flexibility index (Phi) is 8.17. The molecule has 1 heteroatoms. The van der Waals surface area contributed by atoms with Crippen LogP contribution in [0.1, 0.15) is 79.6 Å². The fraction of sp³-hybridized carbons (Fsp3) is 1.00. The van der Waals surface area contributed by atoms with E-state index in [0.29, 0.717) is 6.04 Å². The predicted molar refractivity (Wildman–Crippen MR) is 91.0 cm³/mol. The minimum atomic E-state index is 0.669. The monoisotopic (exact) mass is 281 g/mol. The van der Waals surface area contributed by atoms with Crippen molar-refractivity contribution in [2.75, 3.05) is 7.05 Å². The van der Waals surface area contributed by atoms with Crippen molar-refractivity contribution in [2.24, 2.45) is 29.6 Å². The third kappa shape index (κ3) is 4.76. The van der Waals surface area contributed by atoms with Gasteiger partial charge in [0.2, 0.25) is 0 Å². The molecule has 0 bridgehead atoms. The van der Waals surface area contributed by atoms with E-state index in [-0.39, 0.29) is 0 Å². The summed E-state index contributed by atoms with van der Waals surface area (Å²) in [6, 6.07) is 0.669. The highest BCUT2D eigenvalue weighted by Crippen LogP contribution is 2.44. The zero-order chi connectivity index (χ0) is 15.1. The summed E-state index contributed by atoms with van der Waals surface area (Å²) in [5.74, 6) is 4.65. The summed E-state index contributed by atoms with van der Waals surface area (Å²) in [6.45, 7) is 12.1. The van der Waals surface area contributed by atoms with Crippen molar-refractivity contribution < 1.29 is 0 Å². The molecule has 1 aliphatic carbocycles. The molecule has 0 radical (unpaired) electrons. The maximum Gasteiger partial charge on any atom is 0.00667 e. The summed E-state index contributed by atoms with van der Waals surface area (Å²) in [4.78, 5) is 0. The molecule has 1 aliphatic rings. The van der Waals surface area contributed by atoms with E-state index in [0.717, 1.165) is 29.6 Å². The molecule has 1 saturated carbocycles. The lowest BCUT2D eigenvalue weighted by molar-refractivity contribution is 0.0814. The highest BCUT2D eigenvalue weighted by atomic mass is 14.9. The third-order valence-electron chi connectivity index (χ3n) is 6.12. The largest absolute Gasteiger partial charge is 0.317 e. The van der Waals surface area contributed by atoms with E-state index >= 15 is 0 Å².